The minimum Gasteiger partial charge on any atom is -0.394 e. The van der Waals surface area contributed by atoms with Gasteiger partial charge in [0.2, 0.25) is 11.8 Å². The first-order chi connectivity index (χ1) is 21.6. The Balaban J connectivity index is 1.66. The number of carbonyl (C=O) groups is 3. The van der Waals surface area contributed by atoms with Gasteiger partial charge in [0, 0.05) is 35.4 Å². The first kappa shape index (κ1) is 33.5. The minimum absolute atomic E-state index is 0.0438. The molecule has 1 N–H and O–H groups in total. The second-order valence-electron chi connectivity index (χ2n) is 12.5. The zero-order chi connectivity index (χ0) is 32.5. The number of alkyl halides is 1. The fourth-order valence-corrected chi connectivity index (χ4v) is 11.5. The Morgan fingerprint density at radius 2 is 1.76 bits per heavy atom. The van der Waals surface area contributed by atoms with Gasteiger partial charge in [0.15, 0.2) is 0 Å². The van der Waals surface area contributed by atoms with Gasteiger partial charge in [-0.25, -0.2) is 0 Å². The second kappa shape index (κ2) is 13.9. The van der Waals surface area contributed by atoms with Gasteiger partial charge in [0.25, 0.3) is 5.91 Å². The van der Waals surface area contributed by atoms with Crippen LogP contribution in [-0.2, 0) is 20.8 Å². The molecule has 240 valence electrons. The molecule has 7 nitrogen and oxygen atoms in total. The van der Waals surface area contributed by atoms with Crippen molar-refractivity contribution >= 4 is 51.1 Å². The van der Waals surface area contributed by atoms with Crippen LogP contribution in [0.15, 0.2) is 73.8 Å². The number of amides is 3. The molecule has 0 aromatic heterocycles. The summed E-state index contributed by atoms with van der Waals surface area (Å²) in [6.07, 6.45) is 5.19. The van der Waals surface area contributed by atoms with Crippen molar-refractivity contribution in [2.24, 2.45) is 11.8 Å². The highest BCUT2D eigenvalue weighted by Crippen LogP contribution is 2.68. The summed E-state index contributed by atoms with van der Waals surface area (Å²) in [5.74, 6) is -1.75. The number of aliphatic hydroxyl groups is 1. The summed E-state index contributed by atoms with van der Waals surface area (Å²) < 4.78 is -0.834. The lowest BCUT2D eigenvalue weighted by Gasteiger charge is -2.40. The van der Waals surface area contributed by atoms with Crippen LogP contribution in [0.2, 0.25) is 0 Å². The van der Waals surface area contributed by atoms with Gasteiger partial charge in [0.05, 0.1) is 29.2 Å². The Morgan fingerprint density at radius 3 is 2.36 bits per heavy atom. The Kier molecular flexibility index (Phi) is 10.3. The van der Waals surface area contributed by atoms with E-state index in [-0.39, 0.29) is 41.0 Å². The van der Waals surface area contributed by atoms with Gasteiger partial charge in [-0.05, 0) is 49.8 Å². The van der Waals surface area contributed by atoms with Gasteiger partial charge in [-0.15, -0.1) is 24.9 Å². The van der Waals surface area contributed by atoms with Gasteiger partial charge in [-0.2, -0.15) is 0 Å². The minimum atomic E-state index is -0.873. The molecule has 9 heteroatoms. The lowest BCUT2D eigenvalue weighted by Crippen LogP contribution is -2.58. The zero-order valence-electron chi connectivity index (χ0n) is 26.4. The number of hydrogen-bond acceptors (Lipinski definition) is 5. The lowest BCUT2D eigenvalue weighted by molar-refractivity contribution is -0.145. The second-order valence-corrected chi connectivity index (χ2v) is 15.2. The molecule has 3 amide bonds. The van der Waals surface area contributed by atoms with Crippen LogP contribution in [-0.4, -0.2) is 85.8 Å². The smallest absolute Gasteiger partial charge is 0.251 e. The number of likely N-dealkylation sites (tertiary alicyclic amines) is 1. The number of benzene rings is 2. The van der Waals surface area contributed by atoms with E-state index < -0.39 is 28.7 Å². The van der Waals surface area contributed by atoms with Crippen molar-refractivity contribution in [2.75, 3.05) is 31.1 Å². The van der Waals surface area contributed by atoms with E-state index in [0.29, 0.717) is 25.9 Å². The molecule has 2 bridgehead atoms. The van der Waals surface area contributed by atoms with Gasteiger partial charge >= 0.3 is 0 Å². The monoisotopic (exact) mass is 693 g/mol. The topological polar surface area (TPSA) is 81.2 Å². The number of halogens is 1. The van der Waals surface area contributed by atoms with E-state index in [9.17, 15) is 14.7 Å². The molecule has 2 aromatic rings. The Labute approximate surface area is 279 Å². The Morgan fingerprint density at radius 1 is 1.09 bits per heavy atom. The van der Waals surface area contributed by atoms with E-state index in [1.807, 2.05) is 69.3 Å². The van der Waals surface area contributed by atoms with Gasteiger partial charge in [-0.1, -0.05) is 83.5 Å². The molecule has 0 saturated carbocycles. The summed E-state index contributed by atoms with van der Waals surface area (Å²) in [5.41, 5.74) is 3.67. The van der Waals surface area contributed by atoms with Crippen molar-refractivity contribution in [3.8, 4) is 0 Å². The zero-order valence-corrected chi connectivity index (χ0v) is 28.8. The van der Waals surface area contributed by atoms with Crippen LogP contribution in [0, 0.1) is 25.7 Å². The number of fused-ring (bicyclic) bond motifs is 1. The summed E-state index contributed by atoms with van der Waals surface area (Å²) in [5, 5.41) is 10.7. The van der Waals surface area contributed by atoms with Gasteiger partial charge in [0.1, 0.15) is 6.04 Å². The van der Waals surface area contributed by atoms with E-state index in [4.69, 9.17) is 0 Å². The summed E-state index contributed by atoms with van der Waals surface area (Å²) in [4.78, 5) is 49.6. The van der Waals surface area contributed by atoms with Crippen molar-refractivity contribution in [1.82, 2.24) is 9.80 Å². The maximum absolute atomic E-state index is 15.2. The van der Waals surface area contributed by atoms with Crippen molar-refractivity contribution in [3.63, 3.8) is 0 Å². The molecule has 0 aliphatic carbocycles. The number of hydrogen-bond donors (Lipinski definition) is 1. The van der Waals surface area contributed by atoms with Gasteiger partial charge < -0.3 is 19.8 Å². The molecule has 3 fully saturated rings. The van der Waals surface area contributed by atoms with Crippen LogP contribution >= 0.6 is 27.7 Å². The number of thioether (sulfide) groups is 1. The average Bonchev–Trinajstić information content (AvgIpc) is 3.62. The maximum atomic E-state index is 15.2. The quantitative estimate of drug-likeness (QED) is 0.227. The Hall–Kier alpha value is -2.88. The molecule has 3 saturated heterocycles. The predicted octanol–water partition coefficient (Wildman–Crippen LogP) is 5.32. The molecular weight excluding hydrogens is 650 g/mol. The molecule has 3 aliphatic rings. The largest absolute Gasteiger partial charge is 0.394 e. The van der Waals surface area contributed by atoms with E-state index >= 15 is 4.79 Å². The number of carbonyl (C=O) groups excluding carboxylic acids is 3. The Bertz CT molecular complexity index is 1430. The number of anilines is 1. The predicted molar refractivity (Wildman–Crippen MR) is 186 cm³/mol. The third-order valence-corrected chi connectivity index (χ3v) is 12.8. The number of para-hydroxylation sites is 1. The SMILES string of the molecule is C=CCN(CCC)C(=O)[C@H]1[C@@H]2SC3(CC2Br)C(C(=O)N(CC=C)c2c(C)cccc2C)N([C@@H](CO)Cc2ccccc2)C(=O)[C@H]13. The molecule has 3 aliphatic heterocycles. The molecule has 45 heavy (non-hydrogen) atoms. The summed E-state index contributed by atoms with van der Waals surface area (Å²) in [7, 11) is 0. The molecule has 3 heterocycles. The molecule has 1 spiro atoms. The van der Waals surface area contributed by atoms with Crippen LogP contribution in [0.4, 0.5) is 5.69 Å². The van der Waals surface area contributed by atoms with E-state index in [1.165, 1.54) is 0 Å². The standard InChI is InChI=1S/C36H44BrN3O4S/c1-6-17-38(18-7-2)33(42)28-29-34(43)40(26(22-41)20-25-15-10-9-11-16-25)32(36(29)21-27(37)31(28)45-36)35(44)39(19-8-3)30-23(4)13-12-14-24(30)5/h6,8-16,26-29,31-32,41H,1,3,7,17-22H2,2,4-5H3/t26-,27?,28-,29+,31-,32?,36?/m1/s1. The van der Waals surface area contributed by atoms with Crippen LogP contribution in [0.25, 0.3) is 0 Å². The van der Waals surface area contributed by atoms with E-state index in [0.717, 1.165) is 28.8 Å². The van der Waals surface area contributed by atoms with Crippen molar-refractivity contribution in [3.05, 3.63) is 90.5 Å². The first-order valence-corrected chi connectivity index (χ1v) is 17.6. The van der Waals surface area contributed by atoms with Crippen molar-refractivity contribution < 1.29 is 19.5 Å². The molecule has 5 rings (SSSR count). The lowest BCUT2D eigenvalue weighted by atomic mass is 9.70. The highest BCUT2D eigenvalue weighted by atomic mass is 79.9. The molecule has 3 unspecified atom stereocenters. The van der Waals surface area contributed by atoms with Crippen molar-refractivity contribution in [1.29, 1.82) is 0 Å². The summed E-state index contributed by atoms with van der Waals surface area (Å²) in [6.45, 7) is 14.8. The molecular formula is C36H44BrN3O4S. The maximum Gasteiger partial charge on any atom is 0.251 e. The first-order valence-electron chi connectivity index (χ1n) is 15.8. The molecule has 7 atom stereocenters. The van der Waals surface area contributed by atoms with Crippen LogP contribution in [0.3, 0.4) is 0 Å². The third kappa shape index (κ3) is 5.80. The van der Waals surface area contributed by atoms with E-state index in [2.05, 4.69) is 29.1 Å². The third-order valence-electron chi connectivity index (χ3n) is 9.61. The van der Waals surface area contributed by atoms with Crippen LogP contribution in [0.1, 0.15) is 36.5 Å². The van der Waals surface area contributed by atoms with Crippen molar-refractivity contribution in [2.45, 2.75) is 66.9 Å². The number of nitrogens with zero attached hydrogens (tertiary/aromatic N) is 3. The molecule has 0 radical (unpaired) electrons. The summed E-state index contributed by atoms with van der Waals surface area (Å²) in [6, 6.07) is 14.2. The fourth-order valence-electron chi connectivity index (χ4n) is 7.89. The van der Waals surface area contributed by atoms with Crippen LogP contribution in [0.5, 0.6) is 0 Å². The highest BCUT2D eigenvalue weighted by molar-refractivity contribution is 9.09. The average molecular weight is 695 g/mol. The fraction of sp³-hybridized carbons (Fsp3) is 0.472. The number of aliphatic hydroxyl groups excluding tert-OH is 1. The highest BCUT2D eigenvalue weighted by Gasteiger charge is 2.76. The number of rotatable bonds is 13. The number of aryl methyl sites for hydroxylation is 2. The normalized spacial score (nSPS) is 27.3. The molecule has 2 aromatic carbocycles. The van der Waals surface area contributed by atoms with Gasteiger partial charge in [-0.3, -0.25) is 14.4 Å². The van der Waals surface area contributed by atoms with Crippen LogP contribution < -0.4 is 4.90 Å². The summed E-state index contributed by atoms with van der Waals surface area (Å²) >= 11 is 5.52. The van der Waals surface area contributed by atoms with E-state index in [1.54, 1.807) is 38.6 Å².